The van der Waals surface area contributed by atoms with Crippen molar-refractivity contribution in [1.82, 2.24) is 0 Å². The van der Waals surface area contributed by atoms with Gasteiger partial charge in [-0.1, -0.05) is 237 Å². The zero-order valence-corrected chi connectivity index (χ0v) is 41.5. The van der Waals surface area contributed by atoms with Crippen molar-refractivity contribution in [3.05, 3.63) is 307 Å². The summed E-state index contributed by atoms with van der Waals surface area (Å²) in [5.41, 5.74) is 17.1. The molecule has 0 unspecified atom stereocenters. The summed E-state index contributed by atoms with van der Waals surface area (Å²) in [4.78, 5) is 2.41. The largest absolute Gasteiger partial charge is 0.456 e. The first-order valence-corrected chi connectivity index (χ1v) is 27.7. The fraction of sp³-hybridized carbons (Fsp3) is 0.0141. The molecule has 2 nitrogen and oxygen atoms in total. The average Bonchev–Trinajstić information content (AvgIpc) is 4.14. The van der Waals surface area contributed by atoms with E-state index in [1.165, 1.54) is 81.4 Å². The predicted octanol–water partition coefficient (Wildman–Crippen LogP) is 15.6. The molecule has 1 aliphatic carbocycles. The Bertz CT molecular complexity index is 4200. The summed E-state index contributed by atoms with van der Waals surface area (Å²) in [6.07, 6.45) is 0. The van der Waals surface area contributed by atoms with Gasteiger partial charge in [0.25, 0.3) is 0 Å². The van der Waals surface area contributed by atoms with Gasteiger partial charge in [-0.15, -0.1) is 0 Å². The van der Waals surface area contributed by atoms with Crippen LogP contribution in [0.5, 0.6) is 0 Å². The molecule has 0 N–H and O–H groups in total. The molecule has 2 heterocycles. The fourth-order valence-corrected chi connectivity index (χ4v) is 18.5. The minimum Gasteiger partial charge on any atom is -0.456 e. The summed E-state index contributed by atoms with van der Waals surface area (Å²) in [6, 6.07) is 106. The summed E-state index contributed by atoms with van der Waals surface area (Å²) in [7, 11) is -2.73. The maximum atomic E-state index is 6.91. The van der Waals surface area contributed by atoms with E-state index in [1.807, 2.05) is 0 Å². The van der Waals surface area contributed by atoms with Gasteiger partial charge in [-0.3, -0.25) is 0 Å². The van der Waals surface area contributed by atoms with E-state index in [2.05, 4.69) is 290 Å². The monoisotopic (exact) mass is 957 g/mol. The van der Waals surface area contributed by atoms with Crippen LogP contribution in [0.25, 0.3) is 66.1 Å². The van der Waals surface area contributed by atoms with Crippen molar-refractivity contribution >= 4 is 78.6 Å². The molecule has 0 radical (unpaired) electrons. The molecule has 2 aliphatic rings. The highest BCUT2D eigenvalue weighted by molar-refractivity contribution is 7.22. The zero-order chi connectivity index (χ0) is 48.8. The van der Waals surface area contributed by atoms with Crippen LogP contribution in [0.15, 0.2) is 290 Å². The van der Waals surface area contributed by atoms with E-state index >= 15 is 0 Å². The first-order chi connectivity index (χ1) is 36.7. The van der Waals surface area contributed by atoms with E-state index < -0.39 is 13.5 Å². The third-order valence-electron chi connectivity index (χ3n) is 16.2. The maximum absolute atomic E-state index is 6.91. The van der Waals surface area contributed by atoms with Gasteiger partial charge in [0.15, 0.2) is 8.07 Å². The molecule has 0 saturated heterocycles. The molecule has 346 valence electrons. The number of rotatable bonds is 8. The number of nitrogens with zero attached hydrogens (tertiary/aromatic N) is 1. The topological polar surface area (TPSA) is 16.4 Å². The Labute approximate surface area is 431 Å². The lowest BCUT2D eigenvalue weighted by molar-refractivity contribution is 0.669. The van der Waals surface area contributed by atoms with Crippen molar-refractivity contribution < 1.29 is 4.42 Å². The Morgan fingerprint density at radius 2 is 0.851 bits per heavy atom. The van der Waals surface area contributed by atoms with Gasteiger partial charge in [-0.25, -0.2) is 0 Å². The van der Waals surface area contributed by atoms with Gasteiger partial charge in [0, 0.05) is 33.2 Å². The van der Waals surface area contributed by atoms with Gasteiger partial charge in [0.1, 0.15) is 11.2 Å². The Morgan fingerprint density at radius 1 is 0.324 bits per heavy atom. The quantitative estimate of drug-likeness (QED) is 0.141. The van der Waals surface area contributed by atoms with E-state index in [-0.39, 0.29) is 0 Å². The smallest absolute Gasteiger partial charge is 0.180 e. The van der Waals surface area contributed by atoms with Gasteiger partial charge in [0.2, 0.25) is 0 Å². The third kappa shape index (κ3) is 5.99. The second kappa shape index (κ2) is 16.6. The lowest BCUT2D eigenvalue weighted by atomic mass is 9.67. The van der Waals surface area contributed by atoms with Crippen molar-refractivity contribution in [1.29, 1.82) is 0 Å². The zero-order valence-electron chi connectivity index (χ0n) is 40.5. The van der Waals surface area contributed by atoms with Crippen molar-refractivity contribution in [2.45, 2.75) is 5.41 Å². The Kier molecular flexibility index (Phi) is 9.54. The normalized spacial score (nSPS) is 13.6. The molecule has 13 aromatic rings. The van der Waals surface area contributed by atoms with Crippen LogP contribution in [-0.4, -0.2) is 8.07 Å². The van der Waals surface area contributed by atoms with E-state index in [0.29, 0.717) is 0 Å². The van der Waals surface area contributed by atoms with Crippen LogP contribution in [0.3, 0.4) is 0 Å². The number of para-hydroxylation sites is 1. The first kappa shape index (κ1) is 42.4. The van der Waals surface area contributed by atoms with Crippen LogP contribution in [-0.2, 0) is 5.41 Å². The number of benzene rings is 12. The van der Waals surface area contributed by atoms with Gasteiger partial charge >= 0.3 is 0 Å². The molecular formula is C71H47NOSi. The highest BCUT2D eigenvalue weighted by Gasteiger charge is 2.50. The summed E-state index contributed by atoms with van der Waals surface area (Å²) in [5, 5.41) is 10.4. The molecule has 0 spiro atoms. The lowest BCUT2D eigenvalue weighted by Gasteiger charge is -2.35. The van der Waals surface area contributed by atoms with Crippen LogP contribution in [0.2, 0.25) is 0 Å². The summed E-state index contributed by atoms with van der Waals surface area (Å²) < 4.78 is 6.91. The molecule has 0 fully saturated rings. The molecular weight excluding hydrogens is 911 g/mol. The van der Waals surface area contributed by atoms with Gasteiger partial charge < -0.3 is 9.32 Å². The second-order valence-corrected chi connectivity index (χ2v) is 23.5. The van der Waals surface area contributed by atoms with Gasteiger partial charge in [-0.2, -0.15) is 0 Å². The van der Waals surface area contributed by atoms with Gasteiger partial charge in [-0.05, 0) is 130 Å². The molecule has 0 bridgehead atoms. The summed E-state index contributed by atoms with van der Waals surface area (Å²) in [6.45, 7) is 0. The molecule has 0 saturated carbocycles. The molecule has 0 atom stereocenters. The minimum absolute atomic E-state index is 0.512. The predicted molar refractivity (Wildman–Crippen MR) is 311 cm³/mol. The van der Waals surface area contributed by atoms with Crippen molar-refractivity contribution in [3.8, 4) is 33.4 Å². The molecule has 1 aliphatic heterocycles. The lowest BCUT2D eigenvalue weighted by Crippen LogP contribution is -2.72. The Hall–Kier alpha value is -9.28. The molecule has 0 amide bonds. The molecule has 74 heavy (non-hydrogen) atoms. The van der Waals surface area contributed by atoms with Crippen LogP contribution in [0.1, 0.15) is 22.3 Å². The van der Waals surface area contributed by atoms with E-state index in [0.717, 1.165) is 44.7 Å². The number of fused-ring (bicyclic) bond motifs is 12. The summed E-state index contributed by atoms with van der Waals surface area (Å²) in [5.74, 6) is 0. The second-order valence-electron chi connectivity index (χ2n) is 19.8. The van der Waals surface area contributed by atoms with Crippen LogP contribution in [0.4, 0.5) is 17.1 Å². The highest BCUT2D eigenvalue weighted by Crippen LogP contribution is 2.57. The van der Waals surface area contributed by atoms with E-state index in [9.17, 15) is 0 Å². The molecule has 15 rings (SSSR count). The standard InChI is InChI=1S/C71H47NOSi/c1-6-21-50(22-7-1)71(51-23-8-2-9-24-51)61-34-18-16-31-58(61)59-44-43-54(47-62(59)71)72(52-25-10-3-11-26-52)53-41-37-48(38-42-53)57-33-20-35-63-68(57)70-64(73-63)45-39-49-40-46-66-69(67(49)70)60-32-17-19-36-65(60)74(66,55-27-12-4-13-28-55)56-29-14-5-15-30-56/h1-47H. The van der Waals surface area contributed by atoms with Crippen LogP contribution in [0, 0.1) is 0 Å². The molecule has 3 heteroatoms. The SMILES string of the molecule is c1ccc(N(c2ccc(-c3cccc4oc5ccc6ccc7c(c6c5c34)-c3ccccc3[Si]7(c3ccccc3)c3ccccc3)cc2)c2ccc3c(c2)C(c2ccccc2)(c2ccccc2)c2ccccc2-3)cc1. The molecule has 1 aromatic heterocycles. The fourth-order valence-electron chi connectivity index (χ4n) is 13.3. The van der Waals surface area contributed by atoms with Crippen LogP contribution < -0.4 is 25.6 Å². The van der Waals surface area contributed by atoms with Crippen molar-refractivity contribution in [3.63, 3.8) is 0 Å². The molecule has 12 aromatic carbocycles. The van der Waals surface area contributed by atoms with E-state index in [1.54, 1.807) is 0 Å². The maximum Gasteiger partial charge on any atom is 0.180 e. The number of hydrogen-bond acceptors (Lipinski definition) is 2. The minimum atomic E-state index is -2.73. The van der Waals surface area contributed by atoms with Crippen molar-refractivity contribution in [2.24, 2.45) is 0 Å². The number of furan rings is 1. The van der Waals surface area contributed by atoms with Crippen molar-refractivity contribution in [2.75, 3.05) is 4.90 Å². The average molecular weight is 958 g/mol. The Morgan fingerprint density at radius 3 is 1.54 bits per heavy atom. The van der Waals surface area contributed by atoms with Gasteiger partial charge in [0.05, 0.1) is 5.41 Å². The third-order valence-corrected chi connectivity index (χ3v) is 21.1. The number of anilines is 3. The summed E-state index contributed by atoms with van der Waals surface area (Å²) >= 11 is 0. The highest BCUT2D eigenvalue weighted by atomic mass is 28.3. The number of hydrogen-bond donors (Lipinski definition) is 0. The Balaban J connectivity index is 0.920. The van der Waals surface area contributed by atoms with E-state index in [4.69, 9.17) is 4.42 Å². The van der Waals surface area contributed by atoms with Crippen LogP contribution >= 0.6 is 0 Å². The first-order valence-electron chi connectivity index (χ1n) is 25.7.